The van der Waals surface area contributed by atoms with Gasteiger partial charge >= 0.3 is 6.03 Å². The van der Waals surface area contributed by atoms with Gasteiger partial charge in [-0.3, -0.25) is 10.0 Å². The molecule has 22 heavy (non-hydrogen) atoms. The van der Waals surface area contributed by atoms with Gasteiger partial charge in [0, 0.05) is 11.1 Å². The van der Waals surface area contributed by atoms with Gasteiger partial charge in [0.1, 0.15) is 5.82 Å². The summed E-state index contributed by atoms with van der Waals surface area (Å²) < 4.78 is 21.0. The standard InChI is InChI=1S/C14H9ClFN3O2S/c15-8-5-6-9-11(7-8)21-18-13(9)17-14(20)19-22-12-4-2-1-3-10(12)16/h1-7H,(H2,17,18,19,20). The average Bonchev–Trinajstić information content (AvgIpc) is 2.88. The molecular weight excluding hydrogens is 329 g/mol. The normalized spacial score (nSPS) is 10.6. The van der Waals surface area contributed by atoms with Crippen LogP contribution >= 0.6 is 23.5 Å². The summed E-state index contributed by atoms with van der Waals surface area (Å²) in [5.74, 6) is -0.146. The van der Waals surface area contributed by atoms with Gasteiger partial charge in [-0.1, -0.05) is 28.9 Å². The van der Waals surface area contributed by atoms with E-state index in [4.69, 9.17) is 16.1 Å². The zero-order valence-electron chi connectivity index (χ0n) is 11.0. The van der Waals surface area contributed by atoms with Crippen molar-refractivity contribution in [1.29, 1.82) is 0 Å². The number of nitrogens with zero attached hydrogens (tertiary/aromatic N) is 1. The van der Waals surface area contributed by atoms with Crippen molar-refractivity contribution < 1.29 is 13.7 Å². The first-order valence-corrected chi connectivity index (χ1v) is 7.36. The first-order chi connectivity index (χ1) is 10.6. The van der Waals surface area contributed by atoms with Crippen molar-refractivity contribution in [1.82, 2.24) is 9.88 Å². The molecule has 2 aromatic carbocycles. The van der Waals surface area contributed by atoms with E-state index in [1.807, 2.05) is 0 Å². The van der Waals surface area contributed by atoms with Crippen LogP contribution in [-0.4, -0.2) is 11.2 Å². The molecule has 0 saturated heterocycles. The fraction of sp³-hybridized carbons (Fsp3) is 0. The smallest absolute Gasteiger partial charge is 0.330 e. The molecule has 0 radical (unpaired) electrons. The van der Waals surface area contributed by atoms with Gasteiger partial charge in [0.05, 0.1) is 10.3 Å². The van der Waals surface area contributed by atoms with Crippen molar-refractivity contribution in [2.24, 2.45) is 0 Å². The van der Waals surface area contributed by atoms with Crippen LogP contribution in [0.5, 0.6) is 0 Å². The van der Waals surface area contributed by atoms with Crippen LogP contribution in [0.15, 0.2) is 51.9 Å². The number of nitrogens with one attached hydrogen (secondary N) is 2. The highest BCUT2D eigenvalue weighted by Gasteiger charge is 2.12. The van der Waals surface area contributed by atoms with Crippen molar-refractivity contribution in [2.75, 3.05) is 5.32 Å². The molecule has 0 aliphatic carbocycles. The molecule has 0 aliphatic rings. The molecule has 0 bridgehead atoms. The summed E-state index contributed by atoms with van der Waals surface area (Å²) >= 11 is 6.71. The van der Waals surface area contributed by atoms with Crippen molar-refractivity contribution in [3.63, 3.8) is 0 Å². The maximum absolute atomic E-state index is 13.4. The zero-order chi connectivity index (χ0) is 15.5. The number of rotatable bonds is 3. The predicted molar refractivity (Wildman–Crippen MR) is 83.4 cm³/mol. The molecule has 0 aliphatic heterocycles. The third-order valence-electron chi connectivity index (χ3n) is 2.76. The fourth-order valence-corrected chi connectivity index (χ4v) is 2.49. The molecule has 0 fully saturated rings. The van der Waals surface area contributed by atoms with E-state index in [9.17, 15) is 9.18 Å². The quantitative estimate of drug-likeness (QED) is 0.693. The highest BCUT2D eigenvalue weighted by atomic mass is 35.5. The monoisotopic (exact) mass is 337 g/mol. The van der Waals surface area contributed by atoms with E-state index in [-0.39, 0.29) is 5.82 Å². The van der Waals surface area contributed by atoms with Crippen molar-refractivity contribution in [3.05, 3.63) is 53.3 Å². The molecule has 1 aromatic heterocycles. The number of carbonyl (C=O) groups excluding carboxylic acids is 1. The van der Waals surface area contributed by atoms with Gasteiger partial charge in [-0.2, -0.15) is 0 Å². The number of anilines is 1. The number of carbonyl (C=O) groups is 1. The fourth-order valence-electron chi connectivity index (χ4n) is 1.76. The highest BCUT2D eigenvalue weighted by Crippen LogP contribution is 2.26. The van der Waals surface area contributed by atoms with Crippen LogP contribution in [-0.2, 0) is 0 Å². The van der Waals surface area contributed by atoms with Gasteiger partial charge in [-0.05, 0) is 36.2 Å². The average molecular weight is 338 g/mol. The summed E-state index contributed by atoms with van der Waals surface area (Å²) in [7, 11) is 0. The summed E-state index contributed by atoms with van der Waals surface area (Å²) in [5, 5.41) is 7.42. The lowest BCUT2D eigenvalue weighted by atomic mass is 10.2. The molecule has 2 amide bonds. The summed E-state index contributed by atoms with van der Waals surface area (Å²) in [6.07, 6.45) is 0. The summed E-state index contributed by atoms with van der Waals surface area (Å²) in [5.41, 5.74) is 0.463. The molecule has 1 heterocycles. The van der Waals surface area contributed by atoms with Crippen LogP contribution in [0.25, 0.3) is 11.0 Å². The van der Waals surface area contributed by atoms with Crippen LogP contribution in [0.4, 0.5) is 15.0 Å². The van der Waals surface area contributed by atoms with E-state index in [1.165, 1.54) is 6.07 Å². The Balaban J connectivity index is 1.67. The second-order valence-electron chi connectivity index (χ2n) is 4.26. The van der Waals surface area contributed by atoms with Gasteiger partial charge in [-0.15, -0.1) is 0 Å². The van der Waals surface area contributed by atoms with Crippen molar-refractivity contribution in [3.8, 4) is 0 Å². The van der Waals surface area contributed by atoms with Gasteiger partial charge in [0.2, 0.25) is 0 Å². The Kier molecular flexibility index (Phi) is 4.17. The molecule has 0 saturated carbocycles. The Bertz CT molecular complexity index is 840. The topological polar surface area (TPSA) is 67.2 Å². The number of hydrogen-bond acceptors (Lipinski definition) is 4. The van der Waals surface area contributed by atoms with E-state index < -0.39 is 11.8 Å². The SMILES string of the molecule is O=C(NSc1ccccc1F)Nc1noc2cc(Cl)ccc12. The summed E-state index contributed by atoms with van der Waals surface area (Å²) in [4.78, 5) is 12.1. The van der Waals surface area contributed by atoms with Gasteiger partial charge in [0.25, 0.3) is 0 Å². The summed E-state index contributed by atoms with van der Waals surface area (Å²) in [6, 6.07) is 10.5. The Hall–Kier alpha value is -2.25. The second-order valence-corrected chi connectivity index (χ2v) is 5.54. The van der Waals surface area contributed by atoms with E-state index in [1.54, 1.807) is 36.4 Å². The van der Waals surface area contributed by atoms with Gasteiger partial charge < -0.3 is 4.52 Å². The Morgan fingerprint density at radius 2 is 2.09 bits per heavy atom. The molecule has 3 aromatic rings. The highest BCUT2D eigenvalue weighted by molar-refractivity contribution is 7.98. The van der Waals surface area contributed by atoms with Crippen LogP contribution in [0.3, 0.4) is 0 Å². The molecule has 0 atom stereocenters. The number of aromatic nitrogens is 1. The van der Waals surface area contributed by atoms with Crippen molar-refractivity contribution in [2.45, 2.75) is 4.90 Å². The predicted octanol–water partition coefficient (Wildman–Crippen LogP) is 4.45. The third-order valence-corrected chi connectivity index (χ3v) is 3.83. The molecule has 0 unspecified atom stereocenters. The zero-order valence-corrected chi connectivity index (χ0v) is 12.5. The van der Waals surface area contributed by atoms with E-state index >= 15 is 0 Å². The molecule has 2 N–H and O–H groups in total. The maximum atomic E-state index is 13.4. The van der Waals surface area contributed by atoms with Crippen molar-refractivity contribution >= 4 is 46.4 Å². The Morgan fingerprint density at radius 1 is 1.27 bits per heavy atom. The van der Waals surface area contributed by atoms with Crippen LogP contribution in [0.2, 0.25) is 5.02 Å². The number of halogens is 2. The first kappa shape index (κ1) is 14.7. The molecule has 3 rings (SSSR count). The van der Waals surface area contributed by atoms with Crippen LogP contribution in [0, 0.1) is 5.82 Å². The molecular formula is C14H9ClFN3O2S. The van der Waals surface area contributed by atoms with E-state index in [0.29, 0.717) is 20.9 Å². The minimum atomic E-state index is -0.543. The maximum Gasteiger partial charge on any atom is 0.330 e. The lowest BCUT2D eigenvalue weighted by Gasteiger charge is -2.05. The molecule has 112 valence electrons. The number of hydrogen-bond donors (Lipinski definition) is 2. The minimum Gasteiger partial charge on any atom is -0.354 e. The first-order valence-electron chi connectivity index (χ1n) is 6.17. The Morgan fingerprint density at radius 3 is 2.91 bits per heavy atom. The largest absolute Gasteiger partial charge is 0.354 e. The van der Waals surface area contributed by atoms with Gasteiger partial charge in [0.15, 0.2) is 11.4 Å². The number of urea groups is 1. The molecule has 5 nitrogen and oxygen atoms in total. The van der Waals surface area contributed by atoms with Crippen LogP contribution < -0.4 is 10.0 Å². The van der Waals surface area contributed by atoms with Gasteiger partial charge in [-0.25, -0.2) is 9.18 Å². The van der Waals surface area contributed by atoms with E-state index in [2.05, 4.69) is 15.2 Å². The minimum absolute atomic E-state index is 0.262. The number of fused-ring (bicyclic) bond motifs is 1. The van der Waals surface area contributed by atoms with E-state index in [0.717, 1.165) is 11.9 Å². The lowest BCUT2D eigenvalue weighted by Crippen LogP contribution is -2.23. The number of benzene rings is 2. The van der Waals surface area contributed by atoms with Crippen LogP contribution in [0.1, 0.15) is 0 Å². The third kappa shape index (κ3) is 3.15. The second kappa shape index (κ2) is 6.25. The summed E-state index contributed by atoms with van der Waals surface area (Å²) in [6.45, 7) is 0. The lowest BCUT2D eigenvalue weighted by molar-refractivity contribution is 0.257. The Labute approximate surface area is 133 Å². The molecule has 8 heteroatoms. The molecule has 0 spiro atoms. The number of amides is 2.